The highest BCUT2D eigenvalue weighted by molar-refractivity contribution is 5.75. The van der Waals surface area contributed by atoms with Gasteiger partial charge in [-0.3, -0.25) is 4.99 Å². The highest BCUT2D eigenvalue weighted by Gasteiger charge is 2.15. The highest BCUT2D eigenvalue weighted by Crippen LogP contribution is 2.31. The molecule has 33 heavy (non-hydrogen) atoms. The maximum Gasteiger partial charge on any atom is 0.0374 e. The molecule has 1 atom stereocenters. The van der Waals surface area contributed by atoms with Crippen molar-refractivity contribution in [3.05, 3.63) is 89.1 Å². The third-order valence-corrected chi connectivity index (χ3v) is 6.57. The molecule has 0 aromatic heterocycles. The maximum atomic E-state index is 4.44. The first-order valence-corrected chi connectivity index (χ1v) is 13.1. The van der Waals surface area contributed by atoms with Crippen LogP contribution in [0.2, 0.25) is 0 Å². The van der Waals surface area contributed by atoms with Gasteiger partial charge in [-0.1, -0.05) is 93.8 Å². The van der Waals surface area contributed by atoms with Crippen molar-refractivity contribution in [1.82, 2.24) is 0 Å². The number of benzene rings is 1. The van der Waals surface area contributed by atoms with Gasteiger partial charge in [0.25, 0.3) is 0 Å². The average Bonchev–Trinajstić information content (AvgIpc) is 3.06. The van der Waals surface area contributed by atoms with E-state index in [-0.39, 0.29) is 5.92 Å². The second kappa shape index (κ2) is 15.4. The lowest BCUT2D eigenvalue weighted by molar-refractivity contribution is 0.717. The number of aryl methyl sites for hydroxylation is 1. The summed E-state index contributed by atoms with van der Waals surface area (Å²) in [6.45, 7) is 10.7. The van der Waals surface area contributed by atoms with Gasteiger partial charge < -0.3 is 0 Å². The van der Waals surface area contributed by atoms with Crippen LogP contribution in [0.15, 0.2) is 82.9 Å². The second-order valence-electron chi connectivity index (χ2n) is 9.06. The van der Waals surface area contributed by atoms with Gasteiger partial charge >= 0.3 is 0 Å². The number of allylic oxidation sites excluding steroid dienone is 9. The molecule has 0 aliphatic heterocycles. The molecule has 0 bridgehead atoms. The molecule has 0 saturated carbocycles. The first kappa shape index (κ1) is 26.8. The normalized spacial score (nSPS) is 15.6. The minimum Gasteiger partial charge on any atom is -0.300 e. The SMILES string of the molecule is C=CCCC/C(=C/C(C=NC)C1=C(CC)C=C(c2ccc(CCCCC)cc2)CC=C1)CC. The van der Waals surface area contributed by atoms with E-state index in [9.17, 15) is 0 Å². The van der Waals surface area contributed by atoms with E-state index in [1.54, 1.807) is 0 Å². The summed E-state index contributed by atoms with van der Waals surface area (Å²) in [7, 11) is 1.89. The van der Waals surface area contributed by atoms with Crippen molar-refractivity contribution in [2.24, 2.45) is 10.9 Å². The molecule has 2 rings (SSSR count). The fraction of sp³-hybridized carbons (Fsp3) is 0.469. The molecule has 1 aromatic carbocycles. The smallest absolute Gasteiger partial charge is 0.0374 e. The number of nitrogens with zero attached hydrogens (tertiary/aromatic N) is 1. The molecular formula is C32H45N. The lowest BCUT2D eigenvalue weighted by Gasteiger charge is -2.16. The molecule has 0 heterocycles. The molecule has 0 amide bonds. The van der Waals surface area contributed by atoms with E-state index < -0.39 is 0 Å². The molecule has 1 heteroatoms. The zero-order valence-corrected chi connectivity index (χ0v) is 21.6. The van der Waals surface area contributed by atoms with E-state index in [0.29, 0.717) is 0 Å². The summed E-state index contributed by atoms with van der Waals surface area (Å²) in [4.78, 5) is 4.44. The standard InChI is InChI=1S/C32H45N/c1-6-10-12-15-26(8-3)23-31(25-33-5)32-18-14-17-30(24-28(32)9-4)29-21-19-27(20-22-29)16-13-11-7-2/h6,14,18-25,31H,1,7-13,15-17H2,2-5H3/b26-23+,33-25?. The van der Waals surface area contributed by atoms with Crippen molar-refractivity contribution in [2.45, 2.75) is 85.0 Å². The topological polar surface area (TPSA) is 12.4 Å². The Morgan fingerprint density at radius 2 is 1.88 bits per heavy atom. The number of hydrogen-bond acceptors (Lipinski definition) is 1. The second-order valence-corrected chi connectivity index (χ2v) is 9.06. The molecule has 1 unspecified atom stereocenters. The van der Waals surface area contributed by atoms with Crippen LogP contribution in [0.1, 0.15) is 89.7 Å². The Morgan fingerprint density at radius 1 is 1.09 bits per heavy atom. The summed E-state index contributed by atoms with van der Waals surface area (Å²) in [6, 6.07) is 9.28. The van der Waals surface area contributed by atoms with E-state index in [4.69, 9.17) is 0 Å². The van der Waals surface area contributed by atoms with Gasteiger partial charge in [0.15, 0.2) is 0 Å². The predicted octanol–water partition coefficient (Wildman–Crippen LogP) is 9.48. The van der Waals surface area contributed by atoms with Crippen LogP contribution in [0, 0.1) is 5.92 Å². The Balaban J connectivity index is 2.32. The van der Waals surface area contributed by atoms with Crippen LogP contribution in [-0.4, -0.2) is 13.3 Å². The minimum atomic E-state index is 0.233. The number of aliphatic imine (C=N–C) groups is 1. The molecule has 0 fully saturated rings. The summed E-state index contributed by atoms with van der Waals surface area (Å²) in [5, 5.41) is 0. The first-order valence-electron chi connectivity index (χ1n) is 13.1. The quantitative estimate of drug-likeness (QED) is 0.154. The van der Waals surface area contributed by atoms with Crippen LogP contribution in [0.5, 0.6) is 0 Å². The fourth-order valence-corrected chi connectivity index (χ4v) is 4.55. The lowest BCUT2D eigenvalue weighted by Crippen LogP contribution is -2.05. The highest BCUT2D eigenvalue weighted by atomic mass is 14.6. The van der Waals surface area contributed by atoms with Gasteiger partial charge in [-0.25, -0.2) is 0 Å². The molecule has 1 aromatic rings. The van der Waals surface area contributed by atoms with E-state index >= 15 is 0 Å². The first-order chi connectivity index (χ1) is 16.2. The number of rotatable bonds is 14. The Kier molecular flexibility index (Phi) is 12.6. The Bertz CT molecular complexity index is 874. The van der Waals surface area contributed by atoms with Crippen LogP contribution in [0.4, 0.5) is 0 Å². The van der Waals surface area contributed by atoms with E-state index in [0.717, 1.165) is 32.1 Å². The third-order valence-electron chi connectivity index (χ3n) is 6.57. The van der Waals surface area contributed by atoms with Crippen LogP contribution in [0.25, 0.3) is 5.57 Å². The molecule has 1 nitrogen and oxygen atoms in total. The summed E-state index contributed by atoms with van der Waals surface area (Å²) >= 11 is 0. The van der Waals surface area contributed by atoms with Crippen molar-refractivity contribution in [1.29, 1.82) is 0 Å². The van der Waals surface area contributed by atoms with Gasteiger partial charge in [0.05, 0.1) is 0 Å². The fourth-order valence-electron chi connectivity index (χ4n) is 4.55. The lowest BCUT2D eigenvalue weighted by atomic mass is 9.89. The molecular weight excluding hydrogens is 398 g/mol. The van der Waals surface area contributed by atoms with Crippen molar-refractivity contribution >= 4 is 11.8 Å². The van der Waals surface area contributed by atoms with Gasteiger partial charge in [-0.15, -0.1) is 6.58 Å². The molecule has 0 radical (unpaired) electrons. The zero-order valence-electron chi connectivity index (χ0n) is 21.6. The summed E-state index contributed by atoms with van der Waals surface area (Å²) in [6.07, 6.45) is 25.3. The largest absolute Gasteiger partial charge is 0.300 e. The molecule has 0 saturated heterocycles. The van der Waals surface area contributed by atoms with Crippen LogP contribution in [-0.2, 0) is 6.42 Å². The van der Waals surface area contributed by atoms with Crippen molar-refractivity contribution in [3.8, 4) is 0 Å². The van der Waals surface area contributed by atoms with Gasteiger partial charge in [0.1, 0.15) is 0 Å². The number of hydrogen-bond donors (Lipinski definition) is 0. The van der Waals surface area contributed by atoms with E-state index in [1.807, 2.05) is 13.1 Å². The van der Waals surface area contributed by atoms with Crippen LogP contribution < -0.4 is 0 Å². The van der Waals surface area contributed by atoms with Crippen molar-refractivity contribution in [2.75, 3.05) is 7.05 Å². The predicted molar refractivity (Wildman–Crippen MR) is 149 cm³/mol. The van der Waals surface area contributed by atoms with Crippen molar-refractivity contribution in [3.63, 3.8) is 0 Å². The average molecular weight is 444 g/mol. The zero-order chi connectivity index (χ0) is 23.9. The van der Waals surface area contributed by atoms with Crippen molar-refractivity contribution < 1.29 is 0 Å². The van der Waals surface area contributed by atoms with Gasteiger partial charge in [0.2, 0.25) is 0 Å². The molecule has 1 aliphatic carbocycles. The summed E-state index contributed by atoms with van der Waals surface area (Å²) in [5.41, 5.74) is 8.55. The third kappa shape index (κ3) is 8.80. The summed E-state index contributed by atoms with van der Waals surface area (Å²) < 4.78 is 0. The Labute approximate surface area is 203 Å². The Morgan fingerprint density at radius 3 is 2.52 bits per heavy atom. The maximum absolute atomic E-state index is 4.44. The van der Waals surface area contributed by atoms with Crippen LogP contribution in [0.3, 0.4) is 0 Å². The Hall–Kier alpha value is -2.41. The molecule has 178 valence electrons. The molecule has 0 N–H and O–H groups in total. The molecule has 0 spiro atoms. The van der Waals surface area contributed by atoms with Gasteiger partial charge in [-0.05, 0) is 79.2 Å². The van der Waals surface area contributed by atoms with E-state index in [2.05, 4.69) is 87.1 Å². The summed E-state index contributed by atoms with van der Waals surface area (Å²) in [5.74, 6) is 0.233. The van der Waals surface area contributed by atoms with Gasteiger partial charge in [-0.2, -0.15) is 0 Å². The monoisotopic (exact) mass is 443 g/mol. The number of unbranched alkanes of at least 4 members (excludes halogenated alkanes) is 3. The van der Waals surface area contributed by atoms with E-state index in [1.165, 1.54) is 65.5 Å². The molecule has 1 aliphatic rings. The van der Waals surface area contributed by atoms with Gasteiger partial charge in [0, 0.05) is 19.2 Å². The van der Waals surface area contributed by atoms with Crippen LogP contribution >= 0.6 is 0 Å². The minimum absolute atomic E-state index is 0.233.